The van der Waals surface area contributed by atoms with Gasteiger partial charge in [-0.1, -0.05) is 17.7 Å². The Labute approximate surface area is 247 Å². The number of benzene rings is 2. The summed E-state index contributed by atoms with van der Waals surface area (Å²) in [6.07, 6.45) is -0.412. The zero-order valence-corrected chi connectivity index (χ0v) is 24.6. The molecule has 3 aromatic rings. The fraction of sp³-hybridized carbons (Fsp3) is 0.483. The highest BCUT2D eigenvalue weighted by Gasteiger charge is 2.29. The zero-order chi connectivity index (χ0) is 30.0. The molecule has 0 radical (unpaired) electrons. The van der Waals surface area contributed by atoms with E-state index in [1.165, 1.54) is 18.2 Å². The second kappa shape index (κ2) is 12.4. The van der Waals surface area contributed by atoms with Gasteiger partial charge in [0.05, 0.1) is 23.8 Å². The number of phenols is 1. The number of anilines is 1. The van der Waals surface area contributed by atoms with Crippen LogP contribution in [-0.2, 0) is 9.47 Å². The Balaban J connectivity index is 1.49. The lowest BCUT2D eigenvalue weighted by molar-refractivity contribution is 0.0240. The van der Waals surface area contributed by atoms with E-state index in [-0.39, 0.29) is 34.3 Å². The Morgan fingerprint density at radius 1 is 1.07 bits per heavy atom. The van der Waals surface area contributed by atoms with Gasteiger partial charge in [-0.2, -0.15) is 9.97 Å². The molecule has 2 aliphatic rings. The third-order valence-electron chi connectivity index (χ3n) is 7.06. The molecule has 0 atom stereocenters. The first-order valence-electron chi connectivity index (χ1n) is 13.8. The topological polar surface area (TPSA) is 100 Å². The molecule has 1 N–H and O–H groups in total. The number of morpholine rings is 1. The molecule has 2 saturated heterocycles. The van der Waals surface area contributed by atoms with Crippen LogP contribution in [0.4, 0.5) is 19.4 Å². The van der Waals surface area contributed by atoms with Crippen LogP contribution in [-0.4, -0.2) is 102 Å². The number of halogens is 3. The lowest BCUT2D eigenvalue weighted by Gasteiger charge is -2.36. The van der Waals surface area contributed by atoms with Crippen LogP contribution in [0.25, 0.3) is 22.0 Å². The molecule has 0 aliphatic carbocycles. The van der Waals surface area contributed by atoms with E-state index in [1.54, 1.807) is 4.90 Å². The first-order valence-corrected chi connectivity index (χ1v) is 14.2. The monoisotopic (exact) mass is 605 g/mol. The van der Waals surface area contributed by atoms with Crippen LogP contribution in [0.15, 0.2) is 24.3 Å². The van der Waals surface area contributed by atoms with Gasteiger partial charge in [0.25, 0.3) is 0 Å². The summed E-state index contributed by atoms with van der Waals surface area (Å²) < 4.78 is 47.8. The maximum absolute atomic E-state index is 16.2. The number of nitrogens with zero attached hydrogens (tertiary/aromatic N) is 5. The van der Waals surface area contributed by atoms with E-state index < -0.39 is 29.1 Å². The summed E-state index contributed by atoms with van der Waals surface area (Å²) in [4.78, 5) is 27.3. The largest absolute Gasteiger partial charge is 0.507 e. The van der Waals surface area contributed by atoms with E-state index >= 15 is 4.39 Å². The number of carbonyl (C=O) groups excluding carboxylic acids is 1. The summed E-state index contributed by atoms with van der Waals surface area (Å²) >= 11 is 6.53. The second-order valence-corrected chi connectivity index (χ2v) is 11.6. The Bertz CT molecular complexity index is 1440. The molecule has 226 valence electrons. The van der Waals surface area contributed by atoms with Crippen molar-refractivity contribution in [3.05, 3.63) is 40.9 Å². The molecule has 13 heteroatoms. The SMILES string of the molecule is CC(C)(C)OC(=O)N1CCN(c2nc(OCCN3CCOCC3)nc3c(F)c(-c4c(O)cccc4F)c(Cl)cc23)CC1. The average molecular weight is 606 g/mol. The van der Waals surface area contributed by atoms with Gasteiger partial charge in [0.15, 0.2) is 5.82 Å². The van der Waals surface area contributed by atoms with Gasteiger partial charge in [-0.3, -0.25) is 4.90 Å². The number of amides is 1. The lowest BCUT2D eigenvalue weighted by Crippen LogP contribution is -2.50. The number of phenolic OH excluding ortho intramolecular Hbond substituents is 1. The third kappa shape index (κ3) is 6.61. The predicted octanol–water partition coefficient (Wildman–Crippen LogP) is 4.70. The van der Waals surface area contributed by atoms with Crippen molar-refractivity contribution in [3.8, 4) is 22.9 Å². The van der Waals surface area contributed by atoms with E-state index in [4.69, 9.17) is 25.8 Å². The van der Waals surface area contributed by atoms with E-state index in [0.29, 0.717) is 57.1 Å². The van der Waals surface area contributed by atoms with Crippen LogP contribution in [0.3, 0.4) is 0 Å². The van der Waals surface area contributed by atoms with Crippen molar-refractivity contribution >= 4 is 34.4 Å². The zero-order valence-electron chi connectivity index (χ0n) is 23.8. The smallest absolute Gasteiger partial charge is 0.410 e. The standard InChI is InChI=1S/C29H34ClF2N5O5/c1-29(2,3)42-28(39)37-9-7-36(8-10-37)26-18-17-19(30)22(23-20(31)5-4-6-21(23)38)24(32)25(18)33-27(34-26)41-16-13-35-11-14-40-15-12-35/h4-6,17,38H,7-16H2,1-3H3. The molecule has 0 unspecified atom stereocenters. The molecule has 10 nitrogen and oxygen atoms in total. The first-order chi connectivity index (χ1) is 20.0. The molecule has 0 spiro atoms. The summed E-state index contributed by atoms with van der Waals surface area (Å²) in [5, 5.41) is 10.6. The molecule has 2 fully saturated rings. The van der Waals surface area contributed by atoms with Gasteiger partial charge >= 0.3 is 12.1 Å². The number of carbonyl (C=O) groups is 1. The number of ether oxygens (including phenoxy) is 3. The summed E-state index contributed by atoms with van der Waals surface area (Å²) in [7, 11) is 0. The summed E-state index contributed by atoms with van der Waals surface area (Å²) in [5.41, 5.74) is -1.41. The average Bonchev–Trinajstić information content (AvgIpc) is 2.94. The fourth-order valence-corrected chi connectivity index (χ4v) is 5.26. The number of piperazine rings is 1. The van der Waals surface area contributed by atoms with Crippen molar-refractivity contribution in [2.45, 2.75) is 26.4 Å². The third-order valence-corrected chi connectivity index (χ3v) is 7.36. The molecular weight excluding hydrogens is 572 g/mol. The van der Waals surface area contributed by atoms with E-state index in [2.05, 4.69) is 14.9 Å². The minimum absolute atomic E-state index is 0.0507. The highest BCUT2D eigenvalue weighted by atomic mass is 35.5. The van der Waals surface area contributed by atoms with Crippen LogP contribution < -0.4 is 9.64 Å². The predicted molar refractivity (Wildman–Crippen MR) is 154 cm³/mol. The van der Waals surface area contributed by atoms with Gasteiger partial charge in [0, 0.05) is 56.8 Å². The highest BCUT2D eigenvalue weighted by molar-refractivity contribution is 6.34. The van der Waals surface area contributed by atoms with Gasteiger partial charge in [-0.05, 0) is 39.0 Å². The minimum atomic E-state index is -0.910. The number of rotatable bonds is 6. The Morgan fingerprint density at radius 3 is 2.45 bits per heavy atom. The molecule has 2 aromatic carbocycles. The molecule has 5 rings (SSSR count). The van der Waals surface area contributed by atoms with Crippen LogP contribution >= 0.6 is 11.6 Å². The van der Waals surface area contributed by atoms with Crippen LogP contribution in [0.5, 0.6) is 11.8 Å². The van der Waals surface area contributed by atoms with Crippen molar-refractivity contribution in [1.29, 1.82) is 0 Å². The normalized spacial score (nSPS) is 16.6. The van der Waals surface area contributed by atoms with Crippen molar-refractivity contribution < 1.29 is 32.9 Å². The maximum atomic E-state index is 16.2. The molecule has 0 saturated carbocycles. The van der Waals surface area contributed by atoms with Gasteiger partial charge in [-0.15, -0.1) is 0 Å². The van der Waals surface area contributed by atoms with Gasteiger partial charge in [0.2, 0.25) is 0 Å². The van der Waals surface area contributed by atoms with Crippen LogP contribution in [0.2, 0.25) is 5.02 Å². The van der Waals surface area contributed by atoms with E-state index in [0.717, 1.165) is 19.2 Å². The number of fused-ring (bicyclic) bond motifs is 1. The number of hydrogen-bond acceptors (Lipinski definition) is 9. The molecular formula is C29H34ClF2N5O5. The Morgan fingerprint density at radius 2 is 1.79 bits per heavy atom. The quantitative estimate of drug-likeness (QED) is 0.428. The summed E-state index contributed by atoms with van der Waals surface area (Å²) in [6.45, 7) is 10.6. The first kappa shape index (κ1) is 30.0. The van der Waals surface area contributed by atoms with Crippen molar-refractivity contribution in [3.63, 3.8) is 0 Å². The van der Waals surface area contributed by atoms with E-state index in [1.807, 2.05) is 25.7 Å². The maximum Gasteiger partial charge on any atom is 0.410 e. The fourth-order valence-electron chi connectivity index (χ4n) is 4.97. The van der Waals surface area contributed by atoms with Crippen molar-refractivity contribution in [2.24, 2.45) is 0 Å². The second-order valence-electron chi connectivity index (χ2n) is 11.2. The Hall–Kier alpha value is -3.48. The number of aromatic nitrogens is 2. The van der Waals surface area contributed by atoms with Gasteiger partial charge < -0.3 is 29.1 Å². The van der Waals surface area contributed by atoms with Crippen LogP contribution in [0, 0.1) is 11.6 Å². The number of hydrogen-bond donors (Lipinski definition) is 1. The summed E-state index contributed by atoms with van der Waals surface area (Å²) in [5.74, 6) is -1.82. The van der Waals surface area contributed by atoms with Crippen LogP contribution in [0.1, 0.15) is 20.8 Å². The lowest BCUT2D eigenvalue weighted by atomic mass is 10.0. The molecule has 2 aliphatic heterocycles. The Kier molecular flexibility index (Phi) is 8.86. The molecule has 42 heavy (non-hydrogen) atoms. The molecule has 0 bridgehead atoms. The minimum Gasteiger partial charge on any atom is -0.507 e. The van der Waals surface area contributed by atoms with Crippen molar-refractivity contribution in [1.82, 2.24) is 19.8 Å². The van der Waals surface area contributed by atoms with Gasteiger partial charge in [0.1, 0.15) is 35.1 Å². The highest BCUT2D eigenvalue weighted by Crippen LogP contribution is 2.42. The molecule has 3 heterocycles. The molecule has 1 amide bonds. The van der Waals surface area contributed by atoms with E-state index in [9.17, 15) is 14.3 Å². The number of aromatic hydroxyl groups is 1. The summed E-state index contributed by atoms with van der Waals surface area (Å²) in [6, 6.07) is 5.11. The van der Waals surface area contributed by atoms with Gasteiger partial charge in [-0.25, -0.2) is 13.6 Å². The molecule has 1 aromatic heterocycles. The van der Waals surface area contributed by atoms with Crippen molar-refractivity contribution in [2.75, 3.05) is 70.5 Å².